The van der Waals surface area contributed by atoms with E-state index in [2.05, 4.69) is 36.4 Å². The zero-order chi connectivity index (χ0) is 15.5. The molecule has 0 bridgehead atoms. The molecule has 2 heteroatoms. The smallest absolute Gasteiger partial charge is 0.305 e. The van der Waals surface area contributed by atoms with Crippen LogP contribution in [-0.4, -0.2) is 12.6 Å². The van der Waals surface area contributed by atoms with E-state index in [9.17, 15) is 4.79 Å². The number of hydrogen-bond acceptors (Lipinski definition) is 2. The van der Waals surface area contributed by atoms with Crippen LogP contribution in [0, 0.1) is 0 Å². The van der Waals surface area contributed by atoms with Crippen LogP contribution in [-0.2, 0) is 22.4 Å². The molecule has 2 rings (SSSR count). The first-order valence-electron chi connectivity index (χ1n) is 8.08. The van der Waals surface area contributed by atoms with E-state index in [0.717, 1.165) is 32.1 Å². The highest BCUT2D eigenvalue weighted by Gasteiger charge is 2.03. The summed E-state index contributed by atoms with van der Waals surface area (Å²) in [5.41, 5.74) is 2.62. The van der Waals surface area contributed by atoms with Crippen molar-refractivity contribution < 1.29 is 9.53 Å². The van der Waals surface area contributed by atoms with Gasteiger partial charge in [-0.2, -0.15) is 0 Å². The Morgan fingerprint density at radius 3 is 1.86 bits per heavy atom. The number of ether oxygens (including phenoxy) is 1. The molecule has 0 amide bonds. The first-order valence-corrected chi connectivity index (χ1v) is 8.08. The van der Waals surface area contributed by atoms with E-state index >= 15 is 0 Å². The topological polar surface area (TPSA) is 26.3 Å². The Morgan fingerprint density at radius 2 is 1.27 bits per heavy atom. The Bertz CT molecular complexity index is 534. The molecule has 0 aliphatic carbocycles. The van der Waals surface area contributed by atoms with Gasteiger partial charge in [0, 0.05) is 6.42 Å². The maximum Gasteiger partial charge on any atom is 0.305 e. The van der Waals surface area contributed by atoms with Gasteiger partial charge in [-0.3, -0.25) is 4.79 Å². The van der Waals surface area contributed by atoms with Crippen molar-refractivity contribution >= 4 is 5.97 Å². The molecule has 0 aliphatic rings. The standard InChI is InChI=1S/C20H24O2/c21-20(16-9-15-19-12-5-2-6-13-19)22-17-8-7-14-18-10-3-1-4-11-18/h1-6,10-13H,7-9,14-17H2. The molecule has 0 N–H and O–H groups in total. The molecular weight excluding hydrogens is 272 g/mol. The van der Waals surface area contributed by atoms with E-state index in [0.29, 0.717) is 13.0 Å². The van der Waals surface area contributed by atoms with Gasteiger partial charge in [0.05, 0.1) is 6.61 Å². The highest BCUT2D eigenvalue weighted by molar-refractivity contribution is 5.69. The summed E-state index contributed by atoms with van der Waals surface area (Å²) in [4.78, 5) is 11.6. The van der Waals surface area contributed by atoms with E-state index in [1.54, 1.807) is 0 Å². The first kappa shape index (κ1) is 16.3. The molecule has 0 radical (unpaired) electrons. The lowest BCUT2D eigenvalue weighted by Gasteiger charge is -2.05. The molecule has 0 unspecified atom stereocenters. The van der Waals surface area contributed by atoms with Gasteiger partial charge in [-0.1, -0.05) is 60.7 Å². The Morgan fingerprint density at radius 1 is 0.727 bits per heavy atom. The second kappa shape index (κ2) is 9.78. The third kappa shape index (κ3) is 6.57. The van der Waals surface area contributed by atoms with Gasteiger partial charge in [-0.05, 0) is 43.2 Å². The first-order chi connectivity index (χ1) is 10.8. The minimum absolute atomic E-state index is 0.0735. The normalized spacial score (nSPS) is 10.4. The molecule has 0 spiro atoms. The van der Waals surface area contributed by atoms with Crippen molar-refractivity contribution in [2.24, 2.45) is 0 Å². The van der Waals surface area contributed by atoms with E-state index in [1.165, 1.54) is 11.1 Å². The maximum atomic E-state index is 11.6. The second-order valence-electron chi connectivity index (χ2n) is 5.50. The molecule has 0 aliphatic heterocycles. The van der Waals surface area contributed by atoms with Crippen LogP contribution in [0.1, 0.15) is 36.8 Å². The fourth-order valence-corrected chi connectivity index (χ4v) is 2.42. The second-order valence-corrected chi connectivity index (χ2v) is 5.50. The minimum atomic E-state index is -0.0735. The number of hydrogen-bond donors (Lipinski definition) is 0. The maximum absolute atomic E-state index is 11.6. The summed E-state index contributed by atoms with van der Waals surface area (Å²) in [5, 5.41) is 0. The SMILES string of the molecule is O=C(CCCc1ccccc1)OCCCCc1ccccc1. The number of esters is 1. The summed E-state index contributed by atoms with van der Waals surface area (Å²) in [7, 11) is 0. The Kier molecular flexibility index (Phi) is 7.24. The molecule has 0 atom stereocenters. The van der Waals surface area contributed by atoms with Gasteiger partial charge in [-0.25, -0.2) is 0 Å². The van der Waals surface area contributed by atoms with Gasteiger partial charge >= 0.3 is 5.97 Å². The van der Waals surface area contributed by atoms with Gasteiger partial charge in [0.25, 0.3) is 0 Å². The van der Waals surface area contributed by atoms with Gasteiger partial charge in [0.1, 0.15) is 0 Å². The Labute approximate surface area is 133 Å². The van der Waals surface area contributed by atoms with Crippen molar-refractivity contribution in [2.75, 3.05) is 6.61 Å². The highest BCUT2D eigenvalue weighted by Crippen LogP contribution is 2.07. The van der Waals surface area contributed by atoms with Gasteiger partial charge in [-0.15, -0.1) is 0 Å². The average molecular weight is 296 g/mol. The monoisotopic (exact) mass is 296 g/mol. The molecule has 0 saturated heterocycles. The average Bonchev–Trinajstić information content (AvgIpc) is 2.56. The number of carbonyl (C=O) groups excluding carboxylic acids is 1. The molecule has 2 nitrogen and oxygen atoms in total. The molecule has 0 fully saturated rings. The largest absolute Gasteiger partial charge is 0.466 e. The fraction of sp³-hybridized carbons (Fsp3) is 0.350. The molecule has 116 valence electrons. The van der Waals surface area contributed by atoms with Crippen LogP contribution in [0.2, 0.25) is 0 Å². The van der Waals surface area contributed by atoms with Gasteiger partial charge in [0.2, 0.25) is 0 Å². The molecule has 0 saturated carbocycles. The van der Waals surface area contributed by atoms with Crippen molar-refractivity contribution in [2.45, 2.75) is 38.5 Å². The molecule has 2 aromatic carbocycles. The molecule has 2 aromatic rings. The van der Waals surface area contributed by atoms with Crippen molar-refractivity contribution in [1.29, 1.82) is 0 Å². The van der Waals surface area contributed by atoms with E-state index in [1.807, 2.05) is 24.3 Å². The summed E-state index contributed by atoms with van der Waals surface area (Å²) < 4.78 is 5.28. The van der Waals surface area contributed by atoms with Crippen molar-refractivity contribution in [3.05, 3.63) is 71.8 Å². The van der Waals surface area contributed by atoms with Gasteiger partial charge < -0.3 is 4.74 Å². The molecule has 0 heterocycles. The number of carbonyl (C=O) groups is 1. The predicted octanol–water partition coefficient (Wildman–Crippen LogP) is 4.58. The zero-order valence-electron chi connectivity index (χ0n) is 13.0. The summed E-state index contributed by atoms with van der Waals surface area (Å²) in [6, 6.07) is 20.7. The Hall–Kier alpha value is -2.09. The fourth-order valence-electron chi connectivity index (χ4n) is 2.42. The Balaban J connectivity index is 1.49. The van der Waals surface area contributed by atoms with Crippen LogP contribution in [0.4, 0.5) is 0 Å². The van der Waals surface area contributed by atoms with E-state index in [-0.39, 0.29) is 5.97 Å². The van der Waals surface area contributed by atoms with Crippen LogP contribution < -0.4 is 0 Å². The van der Waals surface area contributed by atoms with Crippen LogP contribution >= 0.6 is 0 Å². The summed E-state index contributed by atoms with van der Waals surface area (Å²) >= 11 is 0. The van der Waals surface area contributed by atoms with Crippen molar-refractivity contribution in [1.82, 2.24) is 0 Å². The molecular formula is C20H24O2. The summed E-state index contributed by atoms with van der Waals surface area (Å²) in [6.07, 6.45) is 5.33. The van der Waals surface area contributed by atoms with E-state index < -0.39 is 0 Å². The van der Waals surface area contributed by atoms with Crippen LogP contribution in [0.15, 0.2) is 60.7 Å². The zero-order valence-corrected chi connectivity index (χ0v) is 13.0. The number of aryl methyl sites for hydroxylation is 2. The highest BCUT2D eigenvalue weighted by atomic mass is 16.5. The van der Waals surface area contributed by atoms with Crippen molar-refractivity contribution in [3.63, 3.8) is 0 Å². The lowest BCUT2D eigenvalue weighted by Crippen LogP contribution is -2.06. The molecule has 0 aromatic heterocycles. The number of rotatable bonds is 9. The third-order valence-corrected chi connectivity index (χ3v) is 3.65. The van der Waals surface area contributed by atoms with E-state index in [4.69, 9.17) is 4.74 Å². The number of unbranched alkanes of at least 4 members (excludes halogenated alkanes) is 1. The van der Waals surface area contributed by atoms with Crippen molar-refractivity contribution in [3.8, 4) is 0 Å². The van der Waals surface area contributed by atoms with Crippen LogP contribution in [0.5, 0.6) is 0 Å². The molecule has 22 heavy (non-hydrogen) atoms. The third-order valence-electron chi connectivity index (χ3n) is 3.65. The van der Waals surface area contributed by atoms with Crippen LogP contribution in [0.3, 0.4) is 0 Å². The minimum Gasteiger partial charge on any atom is -0.466 e. The van der Waals surface area contributed by atoms with Crippen LogP contribution in [0.25, 0.3) is 0 Å². The summed E-state index contributed by atoms with van der Waals surface area (Å²) in [5.74, 6) is -0.0735. The lowest BCUT2D eigenvalue weighted by atomic mass is 10.1. The quantitative estimate of drug-likeness (QED) is 0.500. The summed E-state index contributed by atoms with van der Waals surface area (Å²) in [6.45, 7) is 0.539. The predicted molar refractivity (Wildman–Crippen MR) is 89.7 cm³/mol. The number of benzene rings is 2. The lowest BCUT2D eigenvalue weighted by molar-refractivity contribution is -0.143. The van der Waals surface area contributed by atoms with Gasteiger partial charge in [0.15, 0.2) is 0 Å².